The quantitative estimate of drug-likeness (QED) is 0.410. The number of carbonyl (C=O) groups excluding carboxylic acids is 2. The number of benzene rings is 2. The zero-order chi connectivity index (χ0) is 25.2. The molecule has 5 rings (SSSR count). The molecule has 1 atom stereocenters. The molecule has 2 aromatic carbocycles. The molecular formula is C28H28N6O2. The third-order valence-electron chi connectivity index (χ3n) is 6.41. The van der Waals surface area contributed by atoms with Crippen LogP contribution in [0.25, 0.3) is 0 Å². The van der Waals surface area contributed by atoms with E-state index < -0.39 is 0 Å². The first-order valence-corrected chi connectivity index (χ1v) is 12.0. The second-order valence-corrected chi connectivity index (χ2v) is 9.27. The molecule has 0 bridgehead atoms. The van der Waals surface area contributed by atoms with E-state index in [0.717, 1.165) is 16.9 Å². The molecule has 0 spiro atoms. The summed E-state index contributed by atoms with van der Waals surface area (Å²) in [6.45, 7) is 4.90. The second-order valence-electron chi connectivity index (χ2n) is 9.27. The zero-order valence-corrected chi connectivity index (χ0v) is 20.6. The van der Waals surface area contributed by atoms with Crippen LogP contribution in [0.15, 0.2) is 79.3 Å². The first-order valence-electron chi connectivity index (χ1n) is 12.0. The summed E-state index contributed by atoms with van der Waals surface area (Å²) < 4.78 is 1.81. The highest BCUT2D eigenvalue weighted by atomic mass is 16.2. The fraction of sp³-hybridized carbons (Fsp3) is 0.250. The van der Waals surface area contributed by atoms with Crippen molar-refractivity contribution in [3.05, 3.63) is 107 Å². The molecule has 8 heteroatoms. The summed E-state index contributed by atoms with van der Waals surface area (Å²) in [5, 5.41) is 4.69. The van der Waals surface area contributed by atoms with Crippen LogP contribution in [0.4, 0.5) is 5.69 Å². The first kappa shape index (κ1) is 23.4. The lowest BCUT2D eigenvalue weighted by molar-refractivity contribution is 0.0783. The minimum atomic E-state index is -0.235. The number of aromatic nitrogens is 4. The lowest BCUT2D eigenvalue weighted by atomic mass is 9.98. The minimum absolute atomic E-state index is 0.0889. The predicted octanol–water partition coefficient (Wildman–Crippen LogP) is 4.32. The van der Waals surface area contributed by atoms with Crippen LogP contribution in [-0.4, -0.2) is 50.1 Å². The van der Waals surface area contributed by atoms with Crippen LogP contribution in [-0.2, 0) is 6.54 Å². The molecule has 1 aliphatic heterocycles. The van der Waals surface area contributed by atoms with Gasteiger partial charge in [-0.25, -0.2) is 4.98 Å². The maximum absolute atomic E-state index is 13.4. The van der Waals surface area contributed by atoms with E-state index in [4.69, 9.17) is 0 Å². The molecule has 36 heavy (non-hydrogen) atoms. The molecule has 4 aromatic rings. The molecule has 0 saturated heterocycles. The minimum Gasteiger partial charge on any atom is -0.336 e. The van der Waals surface area contributed by atoms with E-state index >= 15 is 0 Å². The Bertz CT molecular complexity index is 1380. The van der Waals surface area contributed by atoms with Gasteiger partial charge in [-0.05, 0) is 61.9 Å². The fourth-order valence-electron chi connectivity index (χ4n) is 4.46. The van der Waals surface area contributed by atoms with Gasteiger partial charge in [0, 0.05) is 42.6 Å². The van der Waals surface area contributed by atoms with Crippen LogP contribution in [0.2, 0.25) is 0 Å². The maximum Gasteiger partial charge on any atom is 0.258 e. The lowest BCUT2D eigenvalue weighted by Crippen LogP contribution is -2.30. The summed E-state index contributed by atoms with van der Waals surface area (Å²) in [7, 11) is 1.76. The van der Waals surface area contributed by atoms with Gasteiger partial charge in [0.1, 0.15) is 6.33 Å². The van der Waals surface area contributed by atoms with Crippen LogP contribution in [0.5, 0.6) is 0 Å². The van der Waals surface area contributed by atoms with Crippen LogP contribution < -0.4 is 4.90 Å². The molecule has 2 aromatic heterocycles. The van der Waals surface area contributed by atoms with Crippen molar-refractivity contribution in [3.63, 3.8) is 0 Å². The van der Waals surface area contributed by atoms with E-state index in [1.807, 2.05) is 79.2 Å². The molecule has 1 unspecified atom stereocenters. The molecule has 2 amide bonds. The number of fused-ring (bicyclic) bond motifs is 1. The highest BCUT2D eigenvalue weighted by Gasteiger charge is 2.36. The van der Waals surface area contributed by atoms with Crippen molar-refractivity contribution in [1.29, 1.82) is 0 Å². The third-order valence-corrected chi connectivity index (χ3v) is 6.41. The van der Waals surface area contributed by atoms with E-state index in [1.54, 1.807) is 35.4 Å². The summed E-state index contributed by atoms with van der Waals surface area (Å²) in [6, 6.07) is 20.6. The van der Waals surface area contributed by atoms with E-state index in [9.17, 15) is 9.59 Å². The summed E-state index contributed by atoms with van der Waals surface area (Å²) >= 11 is 0. The lowest BCUT2D eigenvalue weighted by Gasteiger charge is -2.19. The molecule has 182 valence electrons. The van der Waals surface area contributed by atoms with Crippen molar-refractivity contribution in [2.45, 2.75) is 32.4 Å². The van der Waals surface area contributed by atoms with E-state index in [0.29, 0.717) is 30.0 Å². The summed E-state index contributed by atoms with van der Waals surface area (Å²) in [4.78, 5) is 39.0. The number of hydrogen-bond donors (Lipinski definition) is 0. The summed E-state index contributed by atoms with van der Waals surface area (Å²) in [5.41, 5.74) is 3.63. The smallest absolute Gasteiger partial charge is 0.258 e. The molecule has 0 aliphatic carbocycles. The van der Waals surface area contributed by atoms with Gasteiger partial charge in [0.25, 0.3) is 11.8 Å². The Morgan fingerprint density at radius 2 is 1.78 bits per heavy atom. The van der Waals surface area contributed by atoms with E-state index in [1.165, 1.54) is 0 Å². The van der Waals surface area contributed by atoms with Gasteiger partial charge in [-0.2, -0.15) is 5.10 Å². The second kappa shape index (κ2) is 9.73. The molecule has 1 aliphatic rings. The largest absolute Gasteiger partial charge is 0.336 e. The monoisotopic (exact) mass is 480 g/mol. The highest BCUT2D eigenvalue weighted by molar-refractivity contribution is 6.08. The molecule has 8 nitrogen and oxygen atoms in total. The number of pyridine rings is 1. The summed E-state index contributed by atoms with van der Waals surface area (Å²) in [6.07, 6.45) is 3.44. The Kier molecular flexibility index (Phi) is 6.33. The van der Waals surface area contributed by atoms with Crippen molar-refractivity contribution >= 4 is 17.5 Å². The van der Waals surface area contributed by atoms with Crippen molar-refractivity contribution in [2.75, 3.05) is 18.5 Å². The number of amides is 2. The molecule has 0 N–H and O–H groups in total. The van der Waals surface area contributed by atoms with E-state index in [2.05, 4.69) is 15.1 Å². The van der Waals surface area contributed by atoms with Gasteiger partial charge < -0.3 is 9.80 Å². The predicted molar refractivity (Wildman–Crippen MR) is 137 cm³/mol. The third kappa shape index (κ3) is 4.49. The fourth-order valence-corrected chi connectivity index (χ4v) is 4.46. The molecule has 3 heterocycles. The topological polar surface area (TPSA) is 84.2 Å². The van der Waals surface area contributed by atoms with Crippen molar-refractivity contribution in [2.24, 2.45) is 0 Å². The molecular weight excluding hydrogens is 452 g/mol. The average Bonchev–Trinajstić information content (AvgIpc) is 3.54. The zero-order valence-electron chi connectivity index (χ0n) is 20.6. The molecule has 0 saturated carbocycles. The van der Waals surface area contributed by atoms with Gasteiger partial charge in [-0.3, -0.25) is 19.3 Å². The van der Waals surface area contributed by atoms with Crippen molar-refractivity contribution in [3.8, 4) is 0 Å². The first-order chi connectivity index (χ1) is 17.4. The Balaban J connectivity index is 1.50. The molecule has 0 fully saturated rings. The SMILES string of the molecule is CC(C)n1cnc(C2CN(C(=O)c3ccccc3)c3ccc(C(=O)N(C)Cc4ccccn4)cc32)n1. The standard InChI is InChI=1S/C28H28N6O2/c1-19(2)34-18-30-26(31-34)24-17-33(28(36)20-9-5-4-6-10-20)25-13-12-21(15-23(24)25)27(35)32(3)16-22-11-7-8-14-29-22/h4-15,18-19,24H,16-17H2,1-3H3. The van der Waals surface area contributed by atoms with Crippen molar-refractivity contribution in [1.82, 2.24) is 24.6 Å². The Hall–Kier alpha value is -4.33. The summed E-state index contributed by atoms with van der Waals surface area (Å²) in [5.74, 6) is 0.200. The Morgan fingerprint density at radius 3 is 2.47 bits per heavy atom. The van der Waals surface area contributed by atoms with Crippen LogP contribution >= 0.6 is 0 Å². The number of nitrogens with zero attached hydrogens (tertiary/aromatic N) is 6. The van der Waals surface area contributed by atoms with Gasteiger partial charge in [-0.15, -0.1) is 0 Å². The van der Waals surface area contributed by atoms with Gasteiger partial charge in [0.15, 0.2) is 5.82 Å². The van der Waals surface area contributed by atoms with Crippen molar-refractivity contribution < 1.29 is 9.59 Å². The number of rotatable bonds is 6. The average molecular weight is 481 g/mol. The Labute approximate surface area is 210 Å². The van der Waals surface area contributed by atoms with Gasteiger partial charge in [0.05, 0.1) is 18.2 Å². The van der Waals surface area contributed by atoms with Crippen LogP contribution in [0.1, 0.15) is 63.6 Å². The van der Waals surface area contributed by atoms with Crippen LogP contribution in [0, 0.1) is 0 Å². The molecule has 0 radical (unpaired) electrons. The number of carbonyl (C=O) groups is 2. The number of hydrogen-bond acceptors (Lipinski definition) is 5. The maximum atomic E-state index is 13.4. The van der Waals surface area contributed by atoms with Gasteiger partial charge in [0.2, 0.25) is 0 Å². The van der Waals surface area contributed by atoms with Crippen LogP contribution in [0.3, 0.4) is 0 Å². The van der Waals surface area contributed by atoms with Gasteiger partial charge in [-0.1, -0.05) is 24.3 Å². The highest BCUT2D eigenvalue weighted by Crippen LogP contribution is 2.40. The number of anilines is 1. The Morgan fingerprint density at radius 1 is 1.00 bits per heavy atom. The van der Waals surface area contributed by atoms with E-state index in [-0.39, 0.29) is 23.8 Å². The van der Waals surface area contributed by atoms with Gasteiger partial charge >= 0.3 is 0 Å². The normalized spacial score (nSPS) is 14.7.